The molecule has 0 bridgehead atoms. The highest BCUT2D eigenvalue weighted by molar-refractivity contribution is 9.10. The molecule has 0 fully saturated rings. The van der Waals surface area contributed by atoms with Gasteiger partial charge in [0.15, 0.2) is 9.84 Å². The standard InChI is InChI=1S/C16H18BrNO2S/c1-10-6-11(2)14(12(3)7-10)9-21(19,20)16-8-13(17)4-5-15(16)18/h4-8H,9,18H2,1-3H3. The highest BCUT2D eigenvalue weighted by atomic mass is 79.9. The van der Waals surface area contributed by atoms with Gasteiger partial charge >= 0.3 is 0 Å². The maximum Gasteiger partial charge on any atom is 0.184 e. The Kier molecular flexibility index (Phi) is 4.44. The smallest absolute Gasteiger partial charge is 0.184 e. The average molecular weight is 368 g/mol. The second-order valence-corrected chi connectivity index (χ2v) is 8.19. The van der Waals surface area contributed by atoms with E-state index in [1.807, 2.05) is 32.9 Å². The molecule has 0 aliphatic rings. The fourth-order valence-electron chi connectivity index (χ4n) is 2.48. The monoisotopic (exact) mass is 367 g/mol. The van der Waals surface area contributed by atoms with Crippen molar-refractivity contribution in [3.63, 3.8) is 0 Å². The van der Waals surface area contributed by atoms with Gasteiger partial charge in [0.1, 0.15) is 0 Å². The molecule has 2 aromatic rings. The van der Waals surface area contributed by atoms with Gasteiger partial charge in [0.25, 0.3) is 0 Å². The van der Waals surface area contributed by atoms with Crippen molar-refractivity contribution in [2.24, 2.45) is 0 Å². The molecule has 112 valence electrons. The summed E-state index contributed by atoms with van der Waals surface area (Å²) in [6.45, 7) is 5.88. The van der Waals surface area contributed by atoms with Crippen LogP contribution < -0.4 is 5.73 Å². The molecule has 2 aromatic carbocycles. The molecular weight excluding hydrogens is 350 g/mol. The summed E-state index contributed by atoms with van der Waals surface area (Å²) in [5.41, 5.74) is 10.1. The van der Waals surface area contributed by atoms with Crippen LogP contribution in [0, 0.1) is 20.8 Å². The van der Waals surface area contributed by atoms with E-state index in [9.17, 15) is 8.42 Å². The Bertz CT molecular complexity index is 775. The third-order valence-electron chi connectivity index (χ3n) is 3.49. The molecule has 0 aromatic heterocycles. The van der Waals surface area contributed by atoms with Gasteiger partial charge in [-0.25, -0.2) is 8.42 Å². The van der Waals surface area contributed by atoms with Crippen LogP contribution in [0.3, 0.4) is 0 Å². The van der Waals surface area contributed by atoms with Crippen LogP contribution in [0.4, 0.5) is 5.69 Å². The van der Waals surface area contributed by atoms with Gasteiger partial charge < -0.3 is 5.73 Å². The number of nitrogen functional groups attached to an aromatic ring is 1. The molecule has 0 aliphatic heterocycles. The van der Waals surface area contributed by atoms with Crippen LogP contribution in [0.15, 0.2) is 39.7 Å². The first-order valence-electron chi connectivity index (χ1n) is 6.55. The van der Waals surface area contributed by atoms with Gasteiger partial charge in [-0.15, -0.1) is 0 Å². The van der Waals surface area contributed by atoms with Gasteiger partial charge in [-0.3, -0.25) is 0 Å². The Morgan fingerprint density at radius 3 is 2.19 bits per heavy atom. The van der Waals surface area contributed by atoms with Gasteiger partial charge in [-0.2, -0.15) is 0 Å². The van der Waals surface area contributed by atoms with Crippen LogP contribution in [-0.2, 0) is 15.6 Å². The number of rotatable bonds is 3. The highest BCUT2D eigenvalue weighted by Crippen LogP contribution is 2.28. The molecular formula is C16H18BrNO2S. The van der Waals surface area contributed by atoms with Crippen LogP contribution in [0.5, 0.6) is 0 Å². The molecule has 0 saturated carbocycles. The molecule has 0 saturated heterocycles. The normalized spacial score (nSPS) is 11.6. The van der Waals surface area contributed by atoms with Crippen LogP contribution in [0.1, 0.15) is 22.3 Å². The number of benzene rings is 2. The fraction of sp³-hybridized carbons (Fsp3) is 0.250. The fourth-order valence-corrected chi connectivity index (χ4v) is 4.72. The van der Waals surface area contributed by atoms with E-state index in [0.717, 1.165) is 22.3 Å². The van der Waals surface area contributed by atoms with Gasteiger partial charge in [0.2, 0.25) is 0 Å². The van der Waals surface area contributed by atoms with E-state index in [4.69, 9.17) is 5.73 Å². The summed E-state index contributed by atoms with van der Waals surface area (Å²) < 4.78 is 26.0. The van der Waals surface area contributed by atoms with Crippen molar-refractivity contribution in [3.05, 3.63) is 57.1 Å². The third kappa shape index (κ3) is 3.47. The molecule has 0 unspecified atom stereocenters. The van der Waals surface area contributed by atoms with Crippen molar-refractivity contribution in [1.29, 1.82) is 0 Å². The van der Waals surface area contributed by atoms with Crippen molar-refractivity contribution in [1.82, 2.24) is 0 Å². The van der Waals surface area contributed by atoms with Crippen LogP contribution in [-0.4, -0.2) is 8.42 Å². The Balaban J connectivity index is 2.50. The van der Waals surface area contributed by atoms with Crippen LogP contribution in [0.25, 0.3) is 0 Å². The molecule has 0 atom stereocenters. The summed E-state index contributed by atoms with van der Waals surface area (Å²) >= 11 is 3.29. The minimum atomic E-state index is -3.48. The minimum absolute atomic E-state index is 0.0361. The summed E-state index contributed by atoms with van der Waals surface area (Å²) in [6.07, 6.45) is 0. The summed E-state index contributed by atoms with van der Waals surface area (Å²) in [6, 6.07) is 8.90. The number of anilines is 1. The van der Waals surface area contributed by atoms with E-state index in [0.29, 0.717) is 4.47 Å². The van der Waals surface area contributed by atoms with Crippen molar-refractivity contribution in [3.8, 4) is 0 Å². The van der Waals surface area contributed by atoms with E-state index in [2.05, 4.69) is 15.9 Å². The lowest BCUT2D eigenvalue weighted by Crippen LogP contribution is -2.10. The number of aryl methyl sites for hydroxylation is 3. The number of hydrogen-bond acceptors (Lipinski definition) is 3. The Labute approximate surface area is 134 Å². The first-order chi connectivity index (χ1) is 9.70. The molecule has 0 aliphatic carbocycles. The van der Waals surface area contributed by atoms with Crippen molar-refractivity contribution in [2.45, 2.75) is 31.4 Å². The Hall–Kier alpha value is -1.33. The minimum Gasteiger partial charge on any atom is -0.398 e. The topological polar surface area (TPSA) is 60.2 Å². The lowest BCUT2D eigenvalue weighted by atomic mass is 10.0. The predicted molar refractivity (Wildman–Crippen MR) is 90.1 cm³/mol. The van der Waals surface area contributed by atoms with Gasteiger partial charge in [-0.05, 0) is 55.7 Å². The van der Waals surface area contributed by atoms with E-state index >= 15 is 0 Å². The molecule has 0 spiro atoms. The number of sulfone groups is 1. The maximum atomic E-state index is 12.7. The van der Waals surface area contributed by atoms with Gasteiger partial charge in [0, 0.05) is 4.47 Å². The molecule has 3 nitrogen and oxygen atoms in total. The largest absolute Gasteiger partial charge is 0.398 e. The highest BCUT2D eigenvalue weighted by Gasteiger charge is 2.21. The first-order valence-corrected chi connectivity index (χ1v) is 9.00. The first kappa shape index (κ1) is 16.0. The SMILES string of the molecule is Cc1cc(C)c(CS(=O)(=O)c2cc(Br)ccc2N)c(C)c1. The molecule has 21 heavy (non-hydrogen) atoms. The van der Waals surface area contributed by atoms with Crippen molar-refractivity contribution in [2.75, 3.05) is 5.73 Å². The van der Waals surface area contributed by atoms with Crippen molar-refractivity contribution >= 4 is 31.5 Å². The summed E-state index contributed by atoms with van der Waals surface area (Å²) in [5, 5.41) is 0. The molecule has 5 heteroatoms. The van der Waals surface area contributed by atoms with Gasteiger partial charge in [-0.1, -0.05) is 33.6 Å². The maximum absolute atomic E-state index is 12.7. The zero-order valence-electron chi connectivity index (χ0n) is 12.3. The second kappa shape index (κ2) is 5.81. The van der Waals surface area contributed by atoms with E-state index in [1.165, 1.54) is 0 Å². The average Bonchev–Trinajstić information content (AvgIpc) is 2.36. The quantitative estimate of drug-likeness (QED) is 0.835. The number of nitrogens with two attached hydrogens (primary N) is 1. The predicted octanol–water partition coefficient (Wildman–Crippen LogP) is 3.93. The van der Waals surface area contributed by atoms with E-state index < -0.39 is 9.84 Å². The Morgan fingerprint density at radius 2 is 1.62 bits per heavy atom. The summed E-state index contributed by atoms with van der Waals surface area (Å²) in [7, 11) is -3.48. The molecule has 0 radical (unpaired) electrons. The number of halogens is 1. The van der Waals surface area contributed by atoms with Crippen molar-refractivity contribution < 1.29 is 8.42 Å². The number of hydrogen-bond donors (Lipinski definition) is 1. The molecule has 0 heterocycles. The van der Waals surface area contributed by atoms with Crippen LogP contribution >= 0.6 is 15.9 Å². The van der Waals surface area contributed by atoms with Gasteiger partial charge in [0.05, 0.1) is 16.3 Å². The summed E-state index contributed by atoms with van der Waals surface area (Å²) in [5.74, 6) is -0.0361. The van der Waals surface area contributed by atoms with Crippen LogP contribution in [0.2, 0.25) is 0 Å². The van der Waals surface area contributed by atoms with E-state index in [1.54, 1.807) is 18.2 Å². The zero-order valence-corrected chi connectivity index (χ0v) is 14.7. The second-order valence-electron chi connectivity index (χ2n) is 5.32. The summed E-state index contributed by atoms with van der Waals surface area (Å²) in [4.78, 5) is 0.177. The Morgan fingerprint density at radius 1 is 1.05 bits per heavy atom. The lowest BCUT2D eigenvalue weighted by Gasteiger charge is -2.13. The molecule has 2 N–H and O–H groups in total. The third-order valence-corrected chi connectivity index (χ3v) is 5.67. The zero-order chi connectivity index (χ0) is 15.8. The lowest BCUT2D eigenvalue weighted by molar-refractivity contribution is 0.595. The molecule has 0 amide bonds. The van der Waals surface area contributed by atoms with E-state index in [-0.39, 0.29) is 16.3 Å². The molecule has 2 rings (SSSR count).